The molecule has 0 aromatic heterocycles. The Morgan fingerprint density at radius 2 is 2.21 bits per heavy atom. The molecule has 0 unspecified atom stereocenters. The molecule has 1 atom stereocenters. The van der Waals surface area contributed by atoms with Crippen LogP contribution in [-0.4, -0.2) is 11.1 Å². The standard InChI is InChI=1S/C9H9N3O2/c10-4-5-1-2-7(11)6(3-5)8(12)9(13)14/h1-3,8H,11-12H2,(H,13,14)/t8-/m0/s1. The van der Waals surface area contributed by atoms with Crippen LogP contribution in [0.3, 0.4) is 0 Å². The van der Waals surface area contributed by atoms with Crippen molar-refractivity contribution < 1.29 is 9.90 Å². The molecule has 0 heterocycles. The molecule has 0 aliphatic heterocycles. The molecule has 5 nitrogen and oxygen atoms in total. The molecule has 5 heteroatoms. The van der Waals surface area contributed by atoms with E-state index in [1.807, 2.05) is 6.07 Å². The van der Waals surface area contributed by atoms with Gasteiger partial charge in [0.05, 0.1) is 11.6 Å². The number of aliphatic carboxylic acids is 1. The van der Waals surface area contributed by atoms with Gasteiger partial charge in [0, 0.05) is 11.3 Å². The molecule has 72 valence electrons. The van der Waals surface area contributed by atoms with Crippen molar-refractivity contribution in [1.82, 2.24) is 0 Å². The summed E-state index contributed by atoms with van der Waals surface area (Å²) in [6.07, 6.45) is 0. The number of nitrogens with two attached hydrogens (primary N) is 2. The first-order chi connectivity index (χ1) is 6.56. The van der Waals surface area contributed by atoms with Crippen LogP contribution in [0.1, 0.15) is 17.2 Å². The lowest BCUT2D eigenvalue weighted by Gasteiger charge is -2.09. The molecule has 5 N–H and O–H groups in total. The summed E-state index contributed by atoms with van der Waals surface area (Å²) in [5.41, 5.74) is 11.8. The first kappa shape index (κ1) is 10.0. The summed E-state index contributed by atoms with van der Waals surface area (Å²) in [4.78, 5) is 10.6. The van der Waals surface area contributed by atoms with Crippen LogP contribution in [0, 0.1) is 11.3 Å². The fraction of sp³-hybridized carbons (Fsp3) is 0.111. The Kier molecular flexibility index (Phi) is 2.70. The van der Waals surface area contributed by atoms with Crippen LogP contribution in [0.5, 0.6) is 0 Å². The maximum Gasteiger partial charge on any atom is 0.325 e. The van der Waals surface area contributed by atoms with Gasteiger partial charge >= 0.3 is 5.97 Å². The third-order valence-electron chi connectivity index (χ3n) is 1.82. The lowest BCUT2D eigenvalue weighted by atomic mass is 10.0. The highest BCUT2D eigenvalue weighted by molar-refractivity contribution is 5.78. The molecular formula is C9H9N3O2. The molecule has 1 aromatic rings. The number of hydrogen-bond acceptors (Lipinski definition) is 4. The number of carboxylic acid groups (broad SMARTS) is 1. The van der Waals surface area contributed by atoms with Crippen LogP contribution >= 0.6 is 0 Å². The third-order valence-corrected chi connectivity index (χ3v) is 1.82. The Labute approximate surface area is 80.6 Å². The highest BCUT2D eigenvalue weighted by atomic mass is 16.4. The fourth-order valence-corrected chi connectivity index (χ4v) is 1.05. The second-order valence-electron chi connectivity index (χ2n) is 2.77. The predicted octanol–water partition coefficient (Wildman–Crippen LogP) is 0.225. The zero-order chi connectivity index (χ0) is 10.7. The molecule has 0 spiro atoms. The Morgan fingerprint density at radius 3 is 2.71 bits per heavy atom. The molecule has 0 saturated heterocycles. The highest BCUT2D eigenvalue weighted by Gasteiger charge is 2.17. The minimum atomic E-state index is -1.19. The maximum atomic E-state index is 10.6. The summed E-state index contributed by atoms with van der Waals surface area (Å²) in [6.45, 7) is 0. The summed E-state index contributed by atoms with van der Waals surface area (Å²) in [6, 6.07) is 5.05. The molecule has 0 radical (unpaired) electrons. The van der Waals surface area contributed by atoms with Gasteiger partial charge in [-0.25, -0.2) is 0 Å². The zero-order valence-electron chi connectivity index (χ0n) is 7.27. The number of nitriles is 1. The average Bonchev–Trinajstić information content (AvgIpc) is 2.17. The molecule has 0 aliphatic carbocycles. The number of anilines is 1. The number of rotatable bonds is 2. The molecular weight excluding hydrogens is 182 g/mol. The van der Waals surface area contributed by atoms with Crippen molar-refractivity contribution in [2.75, 3.05) is 5.73 Å². The van der Waals surface area contributed by atoms with E-state index in [1.54, 1.807) is 0 Å². The molecule has 1 rings (SSSR count). The van der Waals surface area contributed by atoms with E-state index in [4.69, 9.17) is 21.8 Å². The van der Waals surface area contributed by atoms with Crippen LogP contribution < -0.4 is 11.5 Å². The highest BCUT2D eigenvalue weighted by Crippen LogP contribution is 2.20. The van der Waals surface area contributed by atoms with Gasteiger partial charge in [-0.05, 0) is 18.2 Å². The summed E-state index contributed by atoms with van der Waals surface area (Å²) in [5.74, 6) is -1.17. The number of carbonyl (C=O) groups is 1. The summed E-state index contributed by atoms with van der Waals surface area (Å²) >= 11 is 0. The Morgan fingerprint density at radius 1 is 1.57 bits per heavy atom. The molecule has 0 fully saturated rings. The smallest absolute Gasteiger partial charge is 0.325 e. The average molecular weight is 191 g/mol. The van der Waals surface area contributed by atoms with Gasteiger partial charge in [0.15, 0.2) is 0 Å². The SMILES string of the molecule is N#Cc1ccc(N)c([C@H](N)C(=O)O)c1. The Bertz CT molecular complexity index is 409. The Hall–Kier alpha value is -2.06. The lowest BCUT2D eigenvalue weighted by molar-refractivity contribution is -0.138. The van der Waals surface area contributed by atoms with Crippen molar-refractivity contribution in [1.29, 1.82) is 5.26 Å². The maximum absolute atomic E-state index is 10.6. The van der Waals surface area contributed by atoms with Gasteiger partial charge in [-0.15, -0.1) is 0 Å². The minimum absolute atomic E-state index is 0.261. The van der Waals surface area contributed by atoms with Crippen molar-refractivity contribution in [3.05, 3.63) is 29.3 Å². The van der Waals surface area contributed by atoms with Crippen molar-refractivity contribution in [2.24, 2.45) is 5.73 Å². The van der Waals surface area contributed by atoms with Gasteiger partial charge < -0.3 is 16.6 Å². The van der Waals surface area contributed by atoms with Crippen molar-refractivity contribution >= 4 is 11.7 Å². The van der Waals surface area contributed by atoms with Gasteiger partial charge in [-0.1, -0.05) is 0 Å². The first-order valence-electron chi connectivity index (χ1n) is 3.84. The van der Waals surface area contributed by atoms with E-state index in [-0.39, 0.29) is 11.3 Å². The topological polar surface area (TPSA) is 113 Å². The molecule has 0 aliphatic rings. The molecule has 0 amide bonds. The third kappa shape index (κ3) is 1.81. The second kappa shape index (κ2) is 3.77. The monoisotopic (exact) mass is 191 g/mol. The molecule has 0 saturated carbocycles. The van der Waals surface area contributed by atoms with Gasteiger partial charge in [-0.2, -0.15) is 5.26 Å². The van der Waals surface area contributed by atoms with Crippen molar-refractivity contribution in [3.63, 3.8) is 0 Å². The van der Waals surface area contributed by atoms with Gasteiger partial charge in [-0.3, -0.25) is 4.79 Å². The van der Waals surface area contributed by atoms with E-state index in [2.05, 4.69) is 0 Å². The van der Waals surface area contributed by atoms with E-state index < -0.39 is 12.0 Å². The number of hydrogen-bond donors (Lipinski definition) is 3. The van der Waals surface area contributed by atoms with E-state index in [1.165, 1.54) is 18.2 Å². The lowest BCUT2D eigenvalue weighted by Crippen LogP contribution is -2.21. The minimum Gasteiger partial charge on any atom is -0.480 e. The van der Waals surface area contributed by atoms with Gasteiger partial charge in [0.25, 0.3) is 0 Å². The molecule has 0 bridgehead atoms. The van der Waals surface area contributed by atoms with Crippen LogP contribution in [-0.2, 0) is 4.79 Å². The van der Waals surface area contributed by atoms with Crippen LogP contribution in [0.4, 0.5) is 5.69 Å². The Balaban J connectivity index is 3.20. The zero-order valence-corrected chi connectivity index (χ0v) is 7.27. The van der Waals surface area contributed by atoms with E-state index in [0.717, 1.165) is 0 Å². The summed E-state index contributed by atoms with van der Waals surface area (Å²) in [5, 5.41) is 17.3. The second-order valence-corrected chi connectivity index (χ2v) is 2.77. The van der Waals surface area contributed by atoms with E-state index >= 15 is 0 Å². The van der Waals surface area contributed by atoms with Crippen LogP contribution in [0.2, 0.25) is 0 Å². The van der Waals surface area contributed by atoms with Gasteiger partial charge in [0.1, 0.15) is 6.04 Å². The number of carboxylic acids is 1. The summed E-state index contributed by atoms with van der Waals surface area (Å²) in [7, 11) is 0. The molecule has 1 aromatic carbocycles. The van der Waals surface area contributed by atoms with Crippen molar-refractivity contribution in [3.8, 4) is 6.07 Å². The fourth-order valence-electron chi connectivity index (χ4n) is 1.05. The van der Waals surface area contributed by atoms with Gasteiger partial charge in [0.2, 0.25) is 0 Å². The van der Waals surface area contributed by atoms with E-state index in [0.29, 0.717) is 5.56 Å². The predicted molar refractivity (Wildman–Crippen MR) is 50.1 cm³/mol. The largest absolute Gasteiger partial charge is 0.480 e. The quantitative estimate of drug-likeness (QED) is 0.579. The molecule has 14 heavy (non-hydrogen) atoms. The van der Waals surface area contributed by atoms with Crippen molar-refractivity contribution in [2.45, 2.75) is 6.04 Å². The first-order valence-corrected chi connectivity index (χ1v) is 3.84. The normalized spacial score (nSPS) is 11.7. The van der Waals surface area contributed by atoms with Crippen LogP contribution in [0.25, 0.3) is 0 Å². The number of nitrogen functional groups attached to an aromatic ring is 1. The summed E-state index contributed by atoms with van der Waals surface area (Å²) < 4.78 is 0. The van der Waals surface area contributed by atoms with Crippen LogP contribution in [0.15, 0.2) is 18.2 Å². The number of nitrogens with zero attached hydrogens (tertiary/aromatic N) is 1. The van der Waals surface area contributed by atoms with E-state index in [9.17, 15) is 4.79 Å². The number of benzene rings is 1.